The Bertz CT molecular complexity index is 4500. The Labute approximate surface area is 494 Å². The molecule has 3 aliphatic rings. The molecule has 3 fully saturated rings. The third-order valence-electron chi connectivity index (χ3n) is 16.2. The molecule has 0 spiro atoms. The van der Waals surface area contributed by atoms with Crippen LogP contribution < -0.4 is 33.2 Å². The summed E-state index contributed by atoms with van der Waals surface area (Å²) >= 11 is 0. The molecular formula is C63H51N21O3. The summed E-state index contributed by atoms with van der Waals surface area (Å²) in [7, 11) is 5.62. The summed E-state index contributed by atoms with van der Waals surface area (Å²) in [5, 5.41) is 56.0. The molecular weight excluding hydrogens is 1100 g/mol. The Kier molecular flexibility index (Phi) is 13.5. The van der Waals surface area contributed by atoms with Gasteiger partial charge in [0.05, 0.1) is 107 Å². The minimum atomic E-state index is -0.247. The first kappa shape index (κ1) is 54.3. The second-order valence-corrected chi connectivity index (χ2v) is 21.9. The van der Waals surface area contributed by atoms with Crippen molar-refractivity contribution in [2.24, 2.45) is 56.7 Å². The van der Waals surface area contributed by atoms with E-state index >= 15 is 0 Å². The number of rotatable bonds is 9. The van der Waals surface area contributed by atoms with E-state index in [1.165, 1.54) is 0 Å². The Morgan fingerprint density at radius 1 is 0.414 bits per heavy atom. The van der Waals surface area contributed by atoms with Crippen LogP contribution in [-0.2, 0) is 35.5 Å². The van der Waals surface area contributed by atoms with Crippen molar-refractivity contribution in [3.63, 3.8) is 0 Å². The smallest absolute Gasteiger partial charge is 0.230 e. The number of benzene rings is 3. The monoisotopic (exact) mass is 1150 g/mol. The zero-order chi connectivity index (χ0) is 60.4. The number of carbonyl (C=O) groups excluding carboxylic acids is 3. The van der Waals surface area contributed by atoms with Crippen LogP contribution in [0.15, 0.2) is 129 Å². The minimum Gasteiger partial charge on any atom is -0.398 e. The molecule has 3 aliphatic carbocycles. The summed E-state index contributed by atoms with van der Waals surface area (Å²) in [6.07, 6.45) is 22.9. The molecule has 9 aromatic heterocycles. The number of fused-ring (bicyclic) bond motifs is 6. The summed E-state index contributed by atoms with van der Waals surface area (Å²) in [5.41, 5.74) is 29.0. The van der Waals surface area contributed by atoms with E-state index in [1.54, 1.807) is 88.0 Å². The molecule has 9 heterocycles. The molecule has 87 heavy (non-hydrogen) atoms. The summed E-state index contributed by atoms with van der Waals surface area (Å²) in [5.74, 6) is -0.485. The number of nitrogens with two attached hydrogens (primary N) is 3. The van der Waals surface area contributed by atoms with Crippen LogP contribution in [0.25, 0.3) is 98.4 Å². The molecule has 0 bridgehead atoms. The summed E-state index contributed by atoms with van der Waals surface area (Å²) in [6, 6.07) is 23.5. The van der Waals surface area contributed by atoms with Crippen LogP contribution in [0.2, 0.25) is 0 Å². The van der Waals surface area contributed by atoms with Crippen molar-refractivity contribution in [1.29, 1.82) is 15.8 Å². The number of aromatic nitrogens is 12. The number of aryl methyl sites for hydroxylation is 3. The van der Waals surface area contributed by atoms with Crippen LogP contribution >= 0.6 is 0 Å². The molecule has 12 aromatic rings. The zero-order valence-electron chi connectivity index (χ0n) is 46.9. The second kappa shape index (κ2) is 21.7. The van der Waals surface area contributed by atoms with E-state index in [0.29, 0.717) is 53.8 Å². The molecule has 3 saturated carbocycles. The van der Waals surface area contributed by atoms with Crippen molar-refractivity contribution < 1.29 is 14.4 Å². The molecule has 9 N–H and O–H groups in total. The molecule has 0 aliphatic heterocycles. The van der Waals surface area contributed by atoms with Crippen LogP contribution in [-0.4, -0.2) is 77.0 Å². The number of anilines is 6. The predicted molar refractivity (Wildman–Crippen MR) is 328 cm³/mol. The van der Waals surface area contributed by atoms with Crippen molar-refractivity contribution in [1.82, 2.24) is 59.2 Å². The number of nitrogen functional groups attached to an aromatic ring is 3. The van der Waals surface area contributed by atoms with Gasteiger partial charge in [0.25, 0.3) is 0 Å². The van der Waals surface area contributed by atoms with Gasteiger partial charge in [-0.2, -0.15) is 31.1 Å². The number of carbonyl (C=O) groups is 3. The van der Waals surface area contributed by atoms with Gasteiger partial charge < -0.3 is 33.2 Å². The van der Waals surface area contributed by atoms with Crippen LogP contribution in [0.1, 0.15) is 19.3 Å². The number of hydrogen-bond donors (Lipinski definition) is 6. The molecule has 24 nitrogen and oxygen atoms in total. The van der Waals surface area contributed by atoms with Gasteiger partial charge in [-0.15, -0.1) is 0 Å². The first-order chi connectivity index (χ1) is 42.1. The van der Waals surface area contributed by atoms with Crippen molar-refractivity contribution in [2.45, 2.75) is 19.3 Å². The quantitative estimate of drug-likeness (QED) is 0.0736. The lowest BCUT2D eigenvalue weighted by atomic mass is 10.00. The van der Waals surface area contributed by atoms with Gasteiger partial charge in [0.1, 0.15) is 17.5 Å². The van der Waals surface area contributed by atoms with E-state index in [0.717, 1.165) is 98.4 Å². The maximum atomic E-state index is 12.2. The van der Waals surface area contributed by atoms with Gasteiger partial charge in [-0.25, -0.2) is 15.0 Å². The molecule has 3 aromatic carbocycles. The van der Waals surface area contributed by atoms with E-state index < -0.39 is 0 Å². The predicted octanol–water partition coefficient (Wildman–Crippen LogP) is 8.59. The summed E-state index contributed by atoms with van der Waals surface area (Å²) < 4.78 is 5.33. The highest BCUT2D eigenvalue weighted by atomic mass is 16.2. The maximum absolute atomic E-state index is 12.2. The number of hydrogen-bond acceptors (Lipinski definition) is 18. The van der Waals surface area contributed by atoms with Gasteiger partial charge in [0.2, 0.25) is 17.7 Å². The fourth-order valence-electron chi connectivity index (χ4n) is 10.9. The van der Waals surface area contributed by atoms with Gasteiger partial charge in [0.15, 0.2) is 0 Å². The molecule has 3 amide bonds. The van der Waals surface area contributed by atoms with Crippen LogP contribution in [0.4, 0.5) is 34.5 Å². The van der Waals surface area contributed by atoms with Crippen LogP contribution in [0, 0.1) is 69.5 Å². The molecule has 2 unspecified atom stereocenters. The number of nitriles is 3. The Balaban J connectivity index is 0.000000121. The summed E-state index contributed by atoms with van der Waals surface area (Å²) in [6.45, 7) is 0. The molecule has 6 atom stereocenters. The Hall–Kier alpha value is -12.0. The molecule has 15 rings (SSSR count). The number of nitrogens with zero attached hydrogens (tertiary/aromatic N) is 15. The average Bonchev–Trinajstić information content (AvgIpc) is 3.95. The fourth-order valence-corrected chi connectivity index (χ4v) is 10.9. The third-order valence-corrected chi connectivity index (χ3v) is 16.2. The average molecular weight is 1150 g/mol. The van der Waals surface area contributed by atoms with Crippen molar-refractivity contribution >= 4 is 117 Å². The highest BCUT2D eigenvalue weighted by Crippen LogP contribution is 2.42. The Morgan fingerprint density at radius 2 is 0.701 bits per heavy atom. The largest absolute Gasteiger partial charge is 0.398 e. The number of nitrogens with one attached hydrogen (secondary N) is 3. The minimum absolute atomic E-state index is 0.170. The highest BCUT2D eigenvalue weighted by Gasteiger charge is 2.45. The Morgan fingerprint density at radius 3 is 0.966 bits per heavy atom. The number of pyridine rings is 6. The standard InChI is InChI=1S/3C21H17N7O/c3*1-28-19-10-24-7-15(17(19)9-26-28)11-2-12-5-20(25-8-16(12)18(23)4-11)27-21(29)14-3-13(14)6-22/h3*2,4-5,7-10,13-14H,3,23H2,1H3,(H,25,27,29)/t2*13-,14+;/m10./s1. The van der Waals surface area contributed by atoms with E-state index in [2.05, 4.69) is 79.4 Å². The van der Waals surface area contributed by atoms with E-state index in [9.17, 15) is 14.4 Å². The molecule has 0 radical (unpaired) electrons. The first-order valence-corrected chi connectivity index (χ1v) is 27.6. The van der Waals surface area contributed by atoms with Gasteiger partial charge in [-0.05, 0) is 107 Å². The topological polar surface area (TPSA) is 368 Å². The van der Waals surface area contributed by atoms with Crippen molar-refractivity contribution in [2.75, 3.05) is 33.2 Å². The lowest BCUT2D eigenvalue weighted by Crippen LogP contribution is -2.15. The number of amides is 3. The maximum Gasteiger partial charge on any atom is 0.230 e. The molecule has 0 saturated heterocycles. The van der Waals surface area contributed by atoms with Crippen molar-refractivity contribution in [3.05, 3.63) is 129 Å². The third kappa shape index (κ3) is 10.4. The van der Waals surface area contributed by atoms with Gasteiger partial charge in [-0.1, -0.05) is 0 Å². The van der Waals surface area contributed by atoms with E-state index in [4.69, 9.17) is 33.0 Å². The SMILES string of the molecule is Cn1ncc2c(-c3cc(N)c4cnc(NC(=O)C5CC5C#N)cc4c3)cncc21.Cn1ncc2c(-c3cc(N)c4cnc(NC(=O)[C@@H]5C[C@H]5C#N)cc4c3)cncc21.Cn1ncc2c(-c3cc(N)c4cnc(NC(=O)[C@H]5C[C@@H]5C#N)cc4c3)cncc21. The lowest BCUT2D eigenvalue weighted by molar-refractivity contribution is -0.118. The van der Waals surface area contributed by atoms with Gasteiger partial charge in [-0.3, -0.25) is 43.4 Å². The van der Waals surface area contributed by atoms with Gasteiger partial charge >= 0.3 is 0 Å². The second-order valence-electron chi connectivity index (χ2n) is 21.9. The molecule has 426 valence electrons. The van der Waals surface area contributed by atoms with Crippen LogP contribution in [0.3, 0.4) is 0 Å². The highest BCUT2D eigenvalue weighted by molar-refractivity contribution is 6.06. The van der Waals surface area contributed by atoms with Crippen molar-refractivity contribution in [3.8, 4) is 51.6 Å². The van der Waals surface area contributed by atoms with Crippen LogP contribution in [0.5, 0.6) is 0 Å². The van der Waals surface area contributed by atoms with E-state index in [1.807, 2.05) is 76.1 Å². The zero-order valence-corrected chi connectivity index (χ0v) is 46.9. The van der Waals surface area contributed by atoms with E-state index in [-0.39, 0.29) is 53.2 Å². The fraction of sp³-hybridized carbons (Fsp3) is 0.190. The molecule has 24 heteroatoms. The first-order valence-electron chi connectivity index (χ1n) is 27.6. The summed E-state index contributed by atoms with van der Waals surface area (Å²) in [4.78, 5) is 62.6. The lowest BCUT2D eigenvalue weighted by Gasteiger charge is -2.10. The normalized spacial score (nSPS) is 17.9. The van der Waals surface area contributed by atoms with Gasteiger partial charge in [0, 0.05) is 124 Å².